The Morgan fingerprint density at radius 1 is 1.20 bits per heavy atom. The van der Waals surface area contributed by atoms with Gasteiger partial charge in [-0.15, -0.1) is 0 Å². The first kappa shape index (κ1) is 15.8. The zero-order valence-electron chi connectivity index (χ0n) is 14.2. The molecule has 128 valence electrons. The van der Waals surface area contributed by atoms with Crippen molar-refractivity contribution in [2.24, 2.45) is 0 Å². The lowest BCUT2D eigenvalue weighted by atomic mass is 10.0. The first-order valence-electron chi connectivity index (χ1n) is 8.62. The third-order valence-electron chi connectivity index (χ3n) is 4.87. The average molecular weight is 335 g/mol. The molecule has 0 unspecified atom stereocenters. The normalized spacial score (nSPS) is 18.0. The van der Waals surface area contributed by atoms with E-state index in [-0.39, 0.29) is 11.3 Å². The number of aromatic nitrogens is 2. The molecule has 0 bridgehead atoms. The predicted molar refractivity (Wildman–Crippen MR) is 96.7 cm³/mol. The maximum atomic E-state index is 12.4. The number of likely N-dealkylation sites (tertiary alicyclic amines) is 1. The van der Waals surface area contributed by atoms with Crippen LogP contribution in [0.5, 0.6) is 5.75 Å². The summed E-state index contributed by atoms with van der Waals surface area (Å²) in [4.78, 5) is 19.4. The summed E-state index contributed by atoms with van der Waals surface area (Å²) in [7, 11) is 0. The molecule has 4 rings (SSSR count). The fourth-order valence-electron chi connectivity index (χ4n) is 3.64. The van der Waals surface area contributed by atoms with Crippen molar-refractivity contribution in [2.45, 2.75) is 32.4 Å². The third-order valence-corrected chi connectivity index (χ3v) is 4.87. The highest BCUT2D eigenvalue weighted by Gasteiger charge is 2.26. The van der Waals surface area contributed by atoms with Gasteiger partial charge in [0, 0.05) is 24.8 Å². The van der Waals surface area contributed by atoms with Gasteiger partial charge in [0.25, 0.3) is 5.56 Å². The number of aromatic hydroxyl groups is 1. The topological polar surface area (TPSA) is 57.8 Å². The van der Waals surface area contributed by atoms with Crippen LogP contribution in [0.15, 0.2) is 53.5 Å². The molecule has 25 heavy (non-hydrogen) atoms. The molecule has 0 radical (unpaired) electrons. The van der Waals surface area contributed by atoms with Gasteiger partial charge in [0.15, 0.2) is 0 Å². The molecular formula is C20H21N3O2. The molecule has 1 N–H and O–H groups in total. The number of nitrogens with zero attached hydrogens (tertiary/aromatic N) is 3. The summed E-state index contributed by atoms with van der Waals surface area (Å²) in [5.41, 5.74) is 3.69. The fourth-order valence-corrected chi connectivity index (χ4v) is 3.64. The molecule has 3 aromatic rings. The summed E-state index contributed by atoms with van der Waals surface area (Å²) in [5, 5.41) is 9.49. The summed E-state index contributed by atoms with van der Waals surface area (Å²) >= 11 is 0. The fraction of sp³-hybridized carbons (Fsp3) is 0.300. The number of aryl methyl sites for hydroxylation is 1. The van der Waals surface area contributed by atoms with E-state index in [9.17, 15) is 9.90 Å². The predicted octanol–water partition coefficient (Wildman–Crippen LogP) is 3.05. The van der Waals surface area contributed by atoms with Crippen molar-refractivity contribution in [2.75, 3.05) is 6.54 Å². The average Bonchev–Trinajstić information content (AvgIpc) is 3.04. The molecule has 0 aliphatic carbocycles. The summed E-state index contributed by atoms with van der Waals surface area (Å²) < 4.78 is 1.60. The zero-order chi connectivity index (χ0) is 17.4. The molecule has 3 heterocycles. The number of pyridine rings is 1. The molecule has 1 aliphatic rings. The second kappa shape index (κ2) is 6.33. The molecular weight excluding hydrogens is 314 g/mol. The van der Waals surface area contributed by atoms with Crippen molar-refractivity contribution in [3.05, 3.63) is 75.8 Å². The van der Waals surface area contributed by atoms with E-state index in [1.165, 1.54) is 5.56 Å². The van der Waals surface area contributed by atoms with Crippen molar-refractivity contribution in [1.29, 1.82) is 0 Å². The Kier molecular flexibility index (Phi) is 4.01. The Morgan fingerprint density at radius 3 is 2.80 bits per heavy atom. The van der Waals surface area contributed by atoms with Crippen LogP contribution < -0.4 is 5.56 Å². The number of fused-ring (bicyclic) bond motifs is 1. The van der Waals surface area contributed by atoms with Gasteiger partial charge in [-0.25, -0.2) is 4.98 Å². The Hall–Kier alpha value is -2.66. The van der Waals surface area contributed by atoms with Gasteiger partial charge in [-0.2, -0.15) is 0 Å². The maximum Gasteiger partial charge on any atom is 0.258 e. The smallest absolute Gasteiger partial charge is 0.258 e. The van der Waals surface area contributed by atoms with Crippen LogP contribution in [0.4, 0.5) is 0 Å². The van der Waals surface area contributed by atoms with Gasteiger partial charge >= 0.3 is 0 Å². The van der Waals surface area contributed by atoms with Crippen molar-refractivity contribution in [1.82, 2.24) is 14.3 Å². The van der Waals surface area contributed by atoms with Gasteiger partial charge in [0.1, 0.15) is 11.4 Å². The van der Waals surface area contributed by atoms with Crippen LogP contribution in [-0.4, -0.2) is 25.9 Å². The highest BCUT2D eigenvalue weighted by molar-refractivity contribution is 5.40. The lowest BCUT2D eigenvalue weighted by Crippen LogP contribution is -2.25. The summed E-state index contributed by atoms with van der Waals surface area (Å²) in [5.74, 6) is 0.285. The van der Waals surface area contributed by atoms with Gasteiger partial charge in [0.05, 0.1) is 5.69 Å². The van der Waals surface area contributed by atoms with E-state index < -0.39 is 0 Å². The van der Waals surface area contributed by atoms with Crippen molar-refractivity contribution < 1.29 is 5.11 Å². The molecule has 1 atom stereocenters. The molecule has 0 amide bonds. The molecule has 1 fully saturated rings. The quantitative estimate of drug-likeness (QED) is 0.799. The maximum absolute atomic E-state index is 12.4. The Balaban J connectivity index is 1.62. The van der Waals surface area contributed by atoms with Crippen LogP contribution in [0, 0.1) is 6.92 Å². The first-order valence-corrected chi connectivity index (χ1v) is 8.62. The Morgan fingerprint density at radius 2 is 2.00 bits per heavy atom. The molecule has 1 saturated heterocycles. The molecule has 1 aliphatic heterocycles. The van der Waals surface area contributed by atoms with E-state index in [4.69, 9.17) is 0 Å². The second-order valence-corrected chi connectivity index (χ2v) is 6.74. The number of benzene rings is 1. The van der Waals surface area contributed by atoms with Crippen LogP contribution in [0.3, 0.4) is 0 Å². The third kappa shape index (κ3) is 3.15. The van der Waals surface area contributed by atoms with E-state index in [1.54, 1.807) is 22.6 Å². The van der Waals surface area contributed by atoms with Crippen LogP contribution >= 0.6 is 0 Å². The Labute approximate surface area is 146 Å². The van der Waals surface area contributed by atoms with Crippen molar-refractivity contribution >= 4 is 5.65 Å². The highest BCUT2D eigenvalue weighted by atomic mass is 16.3. The first-order chi connectivity index (χ1) is 12.1. The molecule has 0 saturated carbocycles. The van der Waals surface area contributed by atoms with Crippen LogP contribution in [0.1, 0.15) is 35.7 Å². The monoisotopic (exact) mass is 335 g/mol. The summed E-state index contributed by atoms with van der Waals surface area (Å²) in [6, 6.07) is 13.2. The lowest BCUT2D eigenvalue weighted by Gasteiger charge is -2.24. The van der Waals surface area contributed by atoms with E-state index in [0.29, 0.717) is 18.2 Å². The van der Waals surface area contributed by atoms with E-state index in [0.717, 1.165) is 30.6 Å². The van der Waals surface area contributed by atoms with Gasteiger partial charge in [-0.05, 0) is 55.6 Å². The van der Waals surface area contributed by atoms with E-state index >= 15 is 0 Å². The van der Waals surface area contributed by atoms with E-state index in [2.05, 4.69) is 9.88 Å². The largest absolute Gasteiger partial charge is 0.508 e. The number of phenols is 1. The number of hydrogen-bond donors (Lipinski definition) is 1. The lowest BCUT2D eigenvalue weighted by molar-refractivity contribution is 0.245. The zero-order valence-corrected chi connectivity index (χ0v) is 14.2. The van der Waals surface area contributed by atoms with Gasteiger partial charge in [-0.1, -0.05) is 18.2 Å². The minimum atomic E-state index is -0.0379. The molecule has 1 aromatic carbocycles. The SMILES string of the molecule is Cc1ccc2nc(CN3CCC[C@@H]3c3ccc(O)cc3)cc(=O)n2c1. The van der Waals surface area contributed by atoms with Gasteiger partial charge in [-0.3, -0.25) is 14.1 Å². The minimum absolute atomic E-state index is 0.0379. The van der Waals surface area contributed by atoms with Gasteiger partial charge < -0.3 is 5.11 Å². The van der Waals surface area contributed by atoms with E-state index in [1.807, 2.05) is 37.4 Å². The molecule has 0 spiro atoms. The number of rotatable bonds is 3. The van der Waals surface area contributed by atoms with Crippen LogP contribution in [-0.2, 0) is 6.54 Å². The Bertz CT molecular complexity index is 963. The molecule has 2 aromatic heterocycles. The van der Waals surface area contributed by atoms with Crippen LogP contribution in [0.2, 0.25) is 0 Å². The molecule has 5 heteroatoms. The number of phenolic OH excluding ortho intramolecular Hbond substituents is 1. The van der Waals surface area contributed by atoms with Crippen molar-refractivity contribution in [3.63, 3.8) is 0 Å². The minimum Gasteiger partial charge on any atom is -0.508 e. The summed E-state index contributed by atoms with van der Waals surface area (Å²) in [6.45, 7) is 3.61. The number of hydrogen-bond acceptors (Lipinski definition) is 4. The van der Waals surface area contributed by atoms with Gasteiger partial charge in [0.2, 0.25) is 0 Å². The standard InChI is InChI=1S/C20H21N3O2/c1-14-4-9-19-21-16(11-20(25)23(19)12-14)13-22-10-2-3-18(22)15-5-7-17(24)8-6-15/h4-9,11-12,18,24H,2-3,10,13H2,1H3/t18-/m1/s1. The second-order valence-electron chi connectivity index (χ2n) is 6.74. The molecule has 5 nitrogen and oxygen atoms in total. The van der Waals surface area contributed by atoms with Crippen molar-refractivity contribution in [3.8, 4) is 5.75 Å². The highest BCUT2D eigenvalue weighted by Crippen LogP contribution is 2.33. The van der Waals surface area contributed by atoms with Crippen LogP contribution in [0.25, 0.3) is 5.65 Å². The summed E-state index contributed by atoms with van der Waals surface area (Å²) in [6.07, 6.45) is 4.03.